The largest absolute Gasteiger partial charge is 0.481 e. The normalized spacial score (nSPS) is 14.0. The first kappa shape index (κ1) is 14.3. The number of rotatable bonds is 8. The van der Waals surface area contributed by atoms with Crippen LogP contribution in [0.3, 0.4) is 0 Å². The fraction of sp³-hybridized carbons (Fsp3) is 0.667. The summed E-state index contributed by atoms with van der Waals surface area (Å²) >= 11 is 0. The second-order valence-electron chi connectivity index (χ2n) is 4.82. The van der Waals surface area contributed by atoms with Crippen LogP contribution in [0.2, 0.25) is 0 Å². The van der Waals surface area contributed by atoms with Crippen molar-refractivity contribution in [3.05, 3.63) is 12.4 Å². The number of nitrogens with one attached hydrogen (secondary N) is 1. The number of carboxylic acids is 1. The van der Waals surface area contributed by atoms with Gasteiger partial charge in [0.25, 0.3) is 0 Å². The van der Waals surface area contributed by atoms with Gasteiger partial charge >= 0.3 is 12.0 Å². The van der Waals surface area contributed by atoms with Gasteiger partial charge in [-0.15, -0.1) is 5.10 Å². The van der Waals surface area contributed by atoms with E-state index in [2.05, 4.69) is 15.6 Å². The Hall–Kier alpha value is -2.12. The smallest absolute Gasteiger partial charge is 0.317 e. The van der Waals surface area contributed by atoms with Crippen LogP contribution in [-0.2, 0) is 11.3 Å². The molecule has 8 heteroatoms. The van der Waals surface area contributed by atoms with Crippen LogP contribution in [0.1, 0.15) is 25.7 Å². The van der Waals surface area contributed by atoms with Gasteiger partial charge in [0.2, 0.25) is 0 Å². The standard InChI is InChI=1S/C12H19N5O3/c18-11(19)4-8-17(10-2-3-10)12(20)13-5-1-7-16-9-6-14-15-16/h6,9-10H,1-5,7-8H2,(H,13,20)(H,18,19). The van der Waals surface area contributed by atoms with Gasteiger partial charge < -0.3 is 15.3 Å². The van der Waals surface area contributed by atoms with Crippen LogP contribution in [0.15, 0.2) is 12.4 Å². The summed E-state index contributed by atoms with van der Waals surface area (Å²) < 4.78 is 1.70. The molecule has 0 aliphatic heterocycles. The second-order valence-corrected chi connectivity index (χ2v) is 4.82. The summed E-state index contributed by atoms with van der Waals surface area (Å²) in [6.45, 7) is 1.50. The average Bonchev–Trinajstić information content (AvgIpc) is 3.11. The van der Waals surface area contributed by atoms with Gasteiger partial charge in [-0.3, -0.25) is 9.48 Å². The molecule has 0 atom stereocenters. The van der Waals surface area contributed by atoms with Crippen LogP contribution in [0, 0.1) is 0 Å². The first-order chi connectivity index (χ1) is 9.66. The van der Waals surface area contributed by atoms with Gasteiger partial charge in [0.05, 0.1) is 12.6 Å². The molecule has 0 aromatic carbocycles. The highest BCUT2D eigenvalue weighted by Crippen LogP contribution is 2.26. The summed E-state index contributed by atoms with van der Waals surface area (Å²) in [7, 11) is 0. The lowest BCUT2D eigenvalue weighted by molar-refractivity contribution is -0.137. The van der Waals surface area contributed by atoms with Gasteiger partial charge in [-0.25, -0.2) is 4.79 Å². The molecule has 1 aromatic heterocycles. The minimum atomic E-state index is -0.880. The van der Waals surface area contributed by atoms with Crippen molar-refractivity contribution in [2.75, 3.05) is 13.1 Å². The molecule has 1 aliphatic carbocycles. The molecule has 2 amide bonds. The molecule has 1 heterocycles. The fourth-order valence-corrected chi connectivity index (χ4v) is 1.94. The summed E-state index contributed by atoms with van der Waals surface area (Å²) in [5, 5.41) is 19.0. The van der Waals surface area contributed by atoms with Gasteiger partial charge in [0.1, 0.15) is 0 Å². The zero-order chi connectivity index (χ0) is 14.4. The molecule has 1 fully saturated rings. The number of carboxylic acid groups (broad SMARTS) is 1. The minimum absolute atomic E-state index is 0.0110. The van der Waals surface area contributed by atoms with Crippen molar-refractivity contribution in [2.24, 2.45) is 0 Å². The highest BCUT2D eigenvalue weighted by Gasteiger charge is 2.32. The number of hydrogen-bond donors (Lipinski definition) is 2. The summed E-state index contributed by atoms with van der Waals surface area (Å²) in [6, 6.07) is 0.0389. The first-order valence-corrected chi connectivity index (χ1v) is 6.77. The van der Waals surface area contributed by atoms with E-state index in [4.69, 9.17) is 5.11 Å². The van der Waals surface area contributed by atoms with E-state index >= 15 is 0 Å². The quantitative estimate of drug-likeness (QED) is 0.668. The molecule has 1 aliphatic rings. The van der Waals surface area contributed by atoms with Crippen molar-refractivity contribution >= 4 is 12.0 Å². The van der Waals surface area contributed by atoms with E-state index in [9.17, 15) is 9.59 Å². The topological polar surface area (TPSA) is 100 Å². The molecule has 0 spiro atoms. The minimum Gasteiger partial charge on any atom is -0.481 e. The molecule has 0 radical (unpaired) electrons. The maximum Gasteiger partial charge on any atom is 0.317 e. The summed E-state index contributed by atoms with van der Waals surface area (Å²) in [6.07, 6.45) is 6.05. The number of amides is 2. The number of nitrogens with zero attached hydrogens (tertiary/aromatic N) is 4. The summed E-state index contributed by atoms with van der Waals surface area (Å²) in [4.78, 5) is 24.2. The third-order valence-corrected chi connectivity index (χ3v) is 3.13. The van der Waals surface area contributed by atoms with Crippen molar-refractivity contribution in [3.63, 3.8) is 0 Å². The lowest BCUT2D eigenvalue weighted by Gasteiger charge is -2.22. The zero-order valence-corrected chi connectivity index (χ0v) is 11.2. The highest BCUT2D eigenvalue weighted by atomic mass is 16.4. The van der Waals surface area contributed by atoms with Gasteiger partial charge in [0.15, 0.2) is 0 Å². The highest BCUT2D eigenvalue weighted by molar-refractivity contribution is 5.76. The van der Waals surface area contributed by atoms with E-state index in [0.29, 0.717) is 13.1 Å². The third kappa shape index (κ3) is 4.52. The van der Waals surface area contributed by atoms with Crippen molar-refractivity contribution in [1.29, 1.82) is 0 Å². The van der Waals surface area contributed by atoms with Crippen molar-refractivity contribution in [1.82, 2.24) is 25.2 Å². The van der Waals surface area contributed by atoms with Crippen molar-refractivity contribution < 1.29 is 14.7 Å². The monoisotopic (exact) mass is 281 g/mol. The third-order valence-electron chi connectivity index (χ3n) is 3.13. The molecule has 1 saturated carbocycles. The Morgan fingerprint density at radius 2 is 2.25 bits per heavy atom. The predicted molar refractivity (Wildman–Crippen MR) is 70.0 cm³/mol. The van der Waals surface area contributed by atoms with Gasteiger partial charge in [-0.05, 0) is 19.3 Å². The van der Waals surface area contributed by atoms with E-state index in [0.717, 1.165) is 19.3 Å². The molecule has 1 aromatic rings. The number of hydrogen-bond acceptors (Lipinski definition) is 4. The number of aliphatic carboxylic acids is 1. The SMILES string of the molecule is O=C(O)CCN(C(=O)NCCCn1ccnn1)C1CC1. The van der Waals surface area contributed by atoms with Crippen LogP contribution in [0.4, 0.5) is 4.79 Å². The van der Waals surface area contributed by atoms with Gasteiger partial charge in [-0.1, -0.05) is 5.21 Å². The Balaban J connectivity index is 1.67. The molecular weight excluding hydrogens is 262 g/mol. The Kier molecular flexibility index (Phi) is 4.91. The Morgan fingerprint density at radius 1 is 1.45 bits per heavy atom. The second kappa shape index (κ2) is 6.88. The molecule has 0 unspecified atom stereocenters. The van der Waals surface area contributed by atoms with Crippen LogP contribution in [-0.4, -0.2) is 56.1 Å². The lowest BCUT2D eigenvalue weighted by Crippen LogP contribution is -2.42. The summed E-state index contributed by atoms with van der Waals surface area (Å²) in [5.41, 5.74) is 0. The van der Waals surface area contributed by atoms with Crippen LogP contribution in [0.25, 0.3) is 0 Å². The maximum absolute atomic E-state index is 12.0. The Labute approximate surface area is 116 Å². The number of carbonyl (C=O) groups is 2. The maximum atomic E-state index is 12.0. The average molecular weight is 281 g/mol. The molecular formula is C12H19N5O3. The molecule has 2 N–H and O–H groups in total. The lowest BCUT2D eigenvalue weighted by atomic mass is 10.3. The number of urea groups is 1. The van der Waals surface area contributed by atoms with E-state index in [1.807, 2.05) is 0 Å². The van der Waals surface area contributed by atoms with E-state index < -0.39 is 5.97 Å². The van der Waals surface area contributed by atoms with Crippen LogP contribution in [0.5, 0.6) is 0 Å². The molecule has 8 nitrogen and oxygen atoms in total. The molecule has 0 bridgehead atoms. The summed E-state index contributed by atoms with van der Waals surface area (Å²) in [5.74, 6) is -0.880. The van der Waals surface area contributed by atoms with Crippen molar-refractivity contribution in [3.8, 4) is 0 Å². The number of carbonyl (C=O) groups excluding carboxylic acids is 1. The van der Waals surface area contributed by atoms with Crippen molar-refractivity contribution in [2.45, 2.75) is 38.3 Å². The molecule has 2 rings (SSSR count). The number of aryl methyl sites for hydroxylation is 1. The van der Waals surface area contributed by atoms with Crippen LogP contribution >= 0.6 is 0 Å². The number of aromatic nitrogens is 3. The van der Waals surface area contributed by atoms with E-state index in [-0.39, 0.29) is 25.0 Å². The van der Waals surface area contributed by atoms with E-state index in [1.54, 1.807) is 22.0 Å². The van der Waals surface area contributed by atoms with Gasteiger partial charge in [0, 0.05) is 31.9 Å². The van der Waals surface area contributed by atoms with E-state index in [1.165, 1.54) is 0 Å². The fourth-order valence-electron chi connectivity index (χ4n) is 1.94. The van der Waals surface area contributed by atoms with Crippen LogP contribution < -0.4 is 5.32 Å². The Morgan fingerprint density at radius 3 is 2.85 bits per heavy atom. The molecule has 110 valence electrons. The zero-order valence-electron chi connectivity index (χ0n) is 11.2. The molecule has 0 saturated heterocycles. The first-order valence-electron chi connectivity index (χ1n) is 6.77. The Bertz CT molecular complexity index is 444. The molecule has 20 heavy (non-hydrogen) atoms. The van der Waals surface area contributed by atoms with Gasteiger partial charge in [-0.2, -0.15) is 0 Å². The predicted octanol–water partition coefficient (Wildman–Crippen LogP) is 0.317.